The average molecular weight is 421 g/mol. The fraction of sp³-hybridized carbons (Fsp3) is 0.167. The van der Waals surface area contributed by atoms with E-state index in [9.17, 15) is 28.1 Å². The molecule has 1 amide bonds. The molecule has 156 valence electrons. The first-order chi connectivity index (χ1) is 14.1. The summed E-state index contributed by atoms with van der Waals surface area (Å²) in [7, 11) is 0. The maximum atomic E-state index is 12.8. The molecule has 0 bridgehead atoms. The van der Waals surface area contributed by atoms with Gasteiger partial charge in [0.25, 0.3) is 5.91 Å². The standard InChI is InChI=1S/C18H14F3N5O4/c1-11-22-9-17(26(28)29)25(11)10-16(27)24-23-8-14-5-6-15(30-14)12-3-2-4-13(7-12)18(19,20)21/h2-9H,10H2,1H3,(H,24,27)/b23-8+. The summed E-state index contributed by atoms with van der Waals surface area (Å²) in [4.78, 5) is 26.0. The first kappa shape index (κ1) is 20.8. The number of aromatic nitrogens is 2. The van der Waals surface area contributed by atoms with Crippen LogP contribution in [0, 0.1) is 17.0 Å². The van der Waals surface area contributed by atoms with Crippen LogP contribution in [0.25, 0.3) is 11.3 Å². The molecular weight excluding hydrogens is 407 g/mol. The van der Waals surface area contributed by atoms with E-state index in [1.807, 2.05) is 0 Å². The van der Waals surface area contributed by atoms with E-state index in [0.29, 0.717) is 0 Å². The molecule has 0 unspecified atom stereocenters. The van der Waals surface area contributed by atoms with Crippen molar-refractivity contribution in [1.29, 1.82) is 0 Å². The molecule has 30 heavy (non-hydrogen) atoms. The molecule has 0 saturated carbocycles. The van der Waals surface area contributed by atoms with Crippen molar-refractivity contribution in [1.82, 2.24) is 15.0 Å². The van der Waals surface area contributed by atoms with E-state index < -0.39 is 22.6 Å². The Kier molecular flexibility index (Phi) is 5.67. The Balaban J connectivity index is 1.65. The van der Waals surface area contributed by atoms with Crippen molar-refractivity contribution in [2.24, 2.45) is 5.10 Å². The van der Waals surface area contributed by atoms with Gasteiger partial charge in [-0.25, -0.2) is 15.0 Å². The van der Waals surface area contributed by atoms with Crippen molar-refractivity contribution >= 4 is 17.9 Å². The number of hydrogen-bond donors (Lipinski definition) is 1. The summed E-state index contributed by atoms with van der Waals surface area (Å²) in [5.41, 5.74) is 1.62. The second-order valence-corrected chi connectivity index (χ2v) is 6.08. The van der Waals surface area contributed by atoms with Crippen LogP contribution < -0.4 is 5.43 Å². The Morgan fingerprint density at radius 1 is 1.37 bits per heavy atom. The third-order valence-corrected chi connectivity index (χ3v) is 4.01. The normalized spacial score (nSPS) is 11.7. The first-order valence-corrected chi connectivity index (χ1v) is 8.41. The minimum Gasteiger partial charge on any atom is -0.455 e. The summed E-state index contributed by atoms with van der Waals surface area (Å²) in [6, 6.07) is 7.59. The number of nitro groups is 1. The van der Waals surface area contributed by atoms with Gasteiger partial charge in [-0.15, -0.1) is 0 Å². The number of benzene rings is 1. The van der Waals surface area contributed by atoms with Crippen LogP contribution in [0.3, 0.4) is 0 Å². The molecule has 0 radical (unpaired) electrons. The molecule has 2 heterocycles. The molecule has 0 aliphatic carbocycles. The molecule has 3 rings (SSSR count). The Hall–Kier alpha value is -3.96. The van der Waals surface area contributed by atoms with Crippen molar-refractivity contribution in [2.75, 3.05) is 0 Å². The van der Waals surface area contributed by atoms with Crippen LogP contribution in [0.15, 0.2) is 52.1 Å². The lowest BCUT2D eigenvalue weighted by atomic mass is 10.1. The van der Waals surface area contributed by atoms with Gasteiger partial charge in [0.05, 0.1) is 11.8 Å². The van der Waals surface area contributed by atoms with Gasteiger partial charge in [0.15, 0.2) is 12.4 Å². The Morgan fingerprint density at radius 2 is 2.13 bits per heavy atom. The van der Waals surface area contributed by atoms with Crippen LogP contribution in [-0.4, -0.2) is 26.6 Å². The zero-order valence-corrected chi connectivity index (χ0v) is 15.4. The second-order valence-electron chi connectivity index (χ2n) is 6.08. The first-order valence-electron chi connectivity index (χ1n) is 8.41. The van der Waals surface area contributed by atoms with Gasteiger partial charge >= 0.3 is 12.0 Å². The van der Waals surface area contributed by atoms with Crippen LogP contribution in [0.4, 0.5) is 19.0 Å². The van der Waals surface area contributed by atoms with Gasteiger partial charge in [-0.05, 0) is 29.2 Å². The molecule has 0 aliphatic heterocycles. The summed E-state index contributed by atoms with van der Waals surface area (Å²) in [5.74, 6) is -0.299. The number of aryl methyl sites for hydroxylation is 1. The highest BCUT2D eigenvalue weighted by atomic mass is 19.4. The van der Waals surface area contributed by atoms with Crippen molar-refractivity contribution in [3.63, 3.8) is 0 Å². The zero-order valence-electron chi connectivity index (χ0n) is 15.4. The van der Waals surface area contributed by atoms with E-state index in [1.54, 1.807) is 0 Å². The highest BCUT2D eigenvalue weighted by Crippen LogP contribution is 2.32. The van der Waals surface area contributed by atoms with Crippen molar-refractivity contribution in [2.45, 2.75) is 19.6 Å². The minimum atomic E-state index is -4.47. The fourth-order valence-electron chi connectivity index (χ4n) is 2.57. The summed E-state index contributed by atoms with van der Waals surface area (Å²) >= 11 is 0. The molecule has 12 heteroatoms. The highest BCUT2D eigenvalue weighted by Gasteiger charge is 2.30. The van der Waals surface area contributed by atoms with E-state index in [0.717, 1.165) is 29.1 Å². The third kappa shape index (κ3) is 4.71. The van der Waals surface area contributed by atoms with Crippen molar-refractivity contribution in [3.8, 4) is 11.3 Å². The maximum absolute atomic E-state index is 12.8. The molecular formula is C18H14F3N5O4. The molecule has 1 aromatic carbocycles. The van der Waals surface area contributed by atoms with Gasteiger partial charge in [-0.2, -0.15) is 18.3 Å². The van der Waals surface area contributed by atoms with E-state index >= 15 is 0 Å². The number of rotatable bonds is 6. The number of amides is 1. The molecule has 0 saturated heterocycles. The van der Waals surface area contributed by atoms with Gasteiger partial charge < -0.3 is 14.5 Å². The van der Waals surface area contributed by atoms with Gasteiger partial charge in [0.1, 0.15) is 17.7 Å². The molecule has 1 N–H and O–H groups in total. The van der Waals surface area contributed by atoms with Crippen LogP contribution in [0.2, 0.25) is 0 Å². The molecule has 0 atom stereocenters. The number of nitrogens with one attached hydrogen (secondary N) is 1. The number of imidazole rings is 1. The van der Waals surface area contributed by atoms with Gasteiger partial charge in [-0.3, -0.25) is 4.79 Å². The number of carbonyl (C=O) groups is 1. The smallest absolute Gasteiger partial charge is 0.416 e. The number of hydrazone groups is 1. The van der Waals surface area contributed by atoms with E-state index in [4.69, 9.17) is 4.42 Å². The number of alkyl halides is 3. The molecule has 0 spiro atoms. The Bertz CT molecular complexity index is 1120. The molecule has 0 fully saturated rings. The summed E-state index contributed by atoms with van der Waals surface area (Å²) < 4.78 is 45.0. The lowest BCUT2D eigenvalue weighted by molar-refractivity contribution is -0.392. The topological polar surface area (TPSA) is 116 Å². The van der Waals surface area contributed by atoms with Crippen LogP contribution in [-0.2, 0) is 17.5 Å². The Labute approximate surface area is 167 Å². The monoisotopic (exact) mass is 421 g/mol. The second kappa shape index (κ2) is 8.19. The number of furan rings is 1. The van der Waals surface area contributed by atoms with Crippen molar-refractivity contribution in [3.05, 3.63) is 69.9 Å². The Morgan fingerprint density at radius 3 is 2.83 bits per heavy atom. The summed E-state index contributed by atoms with van der Waals surface area (Å²) in [6.45, 7) is 1.15. The van der Waals surface area contributed by atoms with E-state index in [-0.39, 0.29) is 35.3 Å². The average Bonchev–Trinajstić information content (AvgIpc) is 3.29. The van der Waals surface area contributed by atoms with Crippen LogP contribution in [0.5, 0.6) is 0 Å². The largest absolute Gasteiger partial charge is 0.455 e. The SMILES string of the molecule is Cc1ncc([N+](=O)[O-])n1CC(=O)N/N=C/c1ccc(-c2cccc(C(F)(F)F)c2)o1. The predicted octanol–water partition coefficient (Wildman–Crippen LogP) is 3.53. The lowest BCUT2D eigenvalue weighted by Crippen LogP contribution is -2.24. The number of carbonyl (C=O) groups excluding carboxylic acids is 1. The molecule has 9 nitrogen and oxygen atoms in total. The summed E-state index contributed by atoms with van der Waals surface area (Å²) in [6.07, 6.45) is -2.27. The minimum absolute atomic E-state index is 0.188. The quantitative estimate of drug-likeness (QED) is 0.371. The molecule has 3 aromatic rings. The fourth-order valence-corrected chi connectivity index (χ4v) is 2.57. The molecule has 2 aromatic heterocycles. The maximum Gasteiger partial charge on any atom is 0.416 e. The summed E-state index contributed by atoms with van der Waals surface area (Å²) in [5, 5.41) is 14.6. The third-order valence-electron chi connectivity index (χ3n) is 4.01. The van der Waals surface area contributed by atoms with Crippen molar-refractivity contribution < 1.29 is 27.3 Å². The number of halogens is 3. The highest BCUT2D eigenvalue weighted by molar-refractivity contribution is 5.81. The van der Waals surface area contributed by atoms with Crippen LogP contribution >= 0.6 is 0 Å². The number of nitrogens with zero attached hydrogens (tertiary/aromatic N) is 4. The van der Waals surface area contributed by atoms with E-state index in [1.165, 1.54) is 31.2 Å². The predicted molar refractivity (Wildman–Crippen MR) is 98.5 cm³/mol. The zero-order chi connectivity index (χ0) is 21.9. The van der Waals surface area contributed by atoms with Crippen LogP contribution in [0.1, 0.15) is 17.1 Å². The van der Waals surface area contributed by atoms with Gasteiger partial charge in [-0.1, -0.05) is 12.1 Å². The van der Waals surface area contributed by atoms with E-state index in [2.05, 4.69) is 15.5 Å². The number of hydrogen-bond acceptors (Lipinski definition) is 6. The lowest BCUT2D eigenvalue weighted by Gasteiger charge is -2.07. The van der Waals surface area contributed by atoms with Gasteiger partial charge in [0.2, 0.25) is 0 Å². The van der Waals surface area contributed by atoms with Gasteiger partial charge in [0, 0.05) is 12.5 Å². The molecule has 0 aliphatic rings.